The van der Waals surface area contributed by atoms with E-state index < -0.39 is 11.9 Å². The fourth-order valence-corrected chi connectivity index (χ4v) is 1.37. The summed E-state index contributed by atoms with van der Waals surface area (Å²) >= 11 is 0. The molecule has 1 unspecified atom stereocenters. The summed E-state index contributed by atoms with van der Waals surface area (Å²) in [5, 5.41) is 0. The van der Waals surface area contributed by atoms with Gasteiger partial charge in [0.15, 0.2) is 0 Å². The molecule has 0 aromatic rings. The number of nitrogens with zero attached hydrogens (tertiary/aromatic N) is 1. The van der Waals surface area contributed by atoms with Crippen LogP contribution in [0.5, 0.6) is 0 Å². The number of methoxy groups -OCH3 is 2. The third-order valence-electron chi connectivity index (χ3n) is 3.41. The van der Waals surface area contributed by atoms with Crippen molar-refractivity contribution in [2.75, 3.05) is 27.3 Å². The summed E-state index contributed by atoms with van der Waals surface area (Å²) in [6, 6.07) is 0. The minimum absolute atomic E-state index is 0.0299. The molecule has 0 radical (unpaired) electrons. The van der Waals surface area contributed by atoms with Crippen molar-refractivity contribution < 1.29 is 23.9 Å². The molecule has 20 heavy (non-hydrogen) atoms. The Bertz CT molecular complexity index is 341. The number of ether oxygens (including phenoxy) is 2. The first kappa shape index (κ1) is 18.4. The molecule has 0 aliphatic heterocycles. The summed E-state index contributed by atoms with van der Waals surface area (Å²) in [4.78, 5) is 36.0. The van der Waals surface area contributed by atoms with Gasteiger partial charge in [0.2, 0.25) is 5.91 Å². The van der Waals surface area contributed by atoms with Gasteiger partial charge < -0.3 is 14.4 Å². The van der Waals surface area contributed by atoms with Crippen LogP contribution < -0.4 is 0 Å². The molecule has 0 saturated carbocycles. The number of carbonyl (C=O) groups excluding carboxylic acids is 3. The summed E-state index contributed by atoms with van der Waals surface area (Å²) in [6.45, 7) is 7.58. The largest absolute Gasteiger partial charge is 0.468 e. The monoisotopic (exact) mass is 287 g/mol. The average molecular weight is 287 g/mol. The molecule has 6 heteroatoms. The van der Waals surface area contributed by atoms with Crippen LogP contribution in [-0.2, 0) is 23.9 Å². The van der Waals surface area contributed by atoms with Crippen LogP contribution in [-0.4, -0.2) is 50.1 Å². The lowest BCUT2D eigenvalue weighted by molar-refractivity contribution is -0.152. The predicted octanol–water partition coefficient (Wildman–Crippen LogP) is 1.23. The first-order valence-corrected chi connectivity index (χ1v) is 6.53. The van der Waals surface area contributed by atoms with E-state index >= 15 is 0 Å². The molecular weight excluding hydrogens is 262 g/mol. The molecule has 6 nitrogen and oxygen atoms in total. The summed E-state index contributed by atoms with van der Waals surface area (Å²) in [5.41, 5.74) is -0.0299. The van der Waals surface area contributed by atoms with E-state index in [-0.39, 0.29) is 36.8 Å². The molecule has 0 rings (SSSR count). The second-order valence-corrected chi connectivity index (χ2v) is 5.87. The number of rotatable bonds is 6. The van der Waals surface area contributed by atoms with Crippen molar-refractivity contribution in [3.8, 4) is 0 Å². The number of hydrogen-bond donors (Lipinski definition) is 0. The fraction of sp³-hybridized carbons (Fsp3) is 0.786. The van der Waals surface area contributed by atoms with Crippen LogP contribution in [0.25, 0.3) is 0 Å². The maximum absolute atomic E-state index is 12.2. The van der Waals surface area contributed by atoms with Gasteiger partial charge in [0.25, 0.3) is 0 Å². The van der Waals surface area contributed by atoms with Crippen LogP contribution in [0.2, 0.25) is 0 Å². The summed E-state index contributed by atoms with van der Waals surface area (Å²) < 4.78 is 9.07. The molecule has 1 atom stereocenters. The van der Waals surface area contributed by atoms with Crippen molar-refractivity contribution in [3.63, 3.8) is 0 Å². The van der Waals surface area contributed by atoms with E-state index in [1.807, 2.05) is 27.7 Å². The number of amides is 1. The highest BCUT2D eigenvalue weighted by atomic mass is 16.5. The first-order chi connectivity index (χ1) is 9.11. The van der Waals surface area contributed by atoms with Gasteiger partial charge in [-0.3, -0.25) is 14.4 Å². The van der Waals surface area contributed by atoms with E-state index in [0.29, 0.717) is 0 Å². The minimum atomic E-state index is -0.564. The number of hydrogen-bond acceptors (Lipinski definition) is 5. The zero-order chi connectivity index (χ0) is 15.9. The molecule has 0 aromatic heterocycles. The Labute approximate surface area is 120 Å². The number of esters is 2. The third kappa shape index (κ3) is 6.54. The summed E-state index contributed by atoms with van der Waals surface area (Å²) in [6.07, 6.45) is 0.261. The molecule has 116 valence electrons. The zero-order valence-corrected chi connectivity index (χ0v) is 13.2. The topological polar surface area (TPSA) is 72.9 Å². The average Bonchev–Trinajstić information content (AvgIpc) is 2.36. The van der Waals surface area contributed by atoms with Gasteiger partial charge in [0.05, 0.1) is 14.2 Å². The van der Waals surface area contributed by atoms with Crippen molar-refractivity contribution >= 4 is 17.8 Å². The second-order valence-electron chi connectivity index (χ2n) is 5.87. The van der Waals surface area contributed by atoms with Gasteiger partial charge in [0.1, 0.15) is 13.1 Å². The Morgan fingerprint density at radius 2 is 1.40 bits per heavy atom. The van der Waals surface area contributed by atoms with Gasteiger partial charge in [-0.05, 0) is 11.3 Å². The van der Waals surface area contributed by atoms with E-state index in [4.69, 9.17) is 0 Å². The van der Waals surface area contributed by atoms with Crippen molar-refractivity contribution in [2.24, 2.45) is 11.3 Å². The molecule has 0 bridgehead atoms. The smallest absolute Gasteiger partial charge is 0.325 e. The highest BCUT2D eigenvalue weighted by Gasteiger charge is 2.27. The molecule has 0 saturated heterocycles. The van der Waals surface area contributed by atoms with Gasteiger partial charge in [-0.25, -0.2) is 0 Å². The predicted molar refractivity (Wildman–Crippen MR) is 73.8 cm³/mol. The molecule has 0 aliphatic rings. The summed E-state index contributed by atoms with van der Waals surface area (Å²) in [5.74, 6) is -1.27. The maximum atomic E-state index is 12.2. The van der Waals surface area contributed by atoms with Gasteiger partial charge in [0, 0.05) is 6.42 Å². The molecule has 0 heterocycles. The Hall–Kier alpha value is -1.59. The van der Waals surface area contributed by atoms with Crippen LogP contribution >= 0.6 is 0 Å². The lowest BCUT2D eigenvalue weighted by Crippen LogP contribution is -2.41. The van der Waals surface area contributed by atoms with Gasteiger partial charge >= 0.3 is 11.9 Å². The first-order valence-electron chi connectivity index (χ1n) is 6.53. The van der Waals surface area contributed by atoms with Crippen LogP contribution in [0.3, 0.4) is 0 Å². The minimum Gasteiger partial charge on any atom is -0.468 e. The Morgan fingerprint density at radius 3 is 1.70 bits per heavy atom. The quantitative estimate of drug-likeness (QED) is 0.687. The third-order valence-corrected chi connectivity index (χ3v) is 3.41. The van der Waals surface area contributed by atoms with Gasteiger partial charge in [-0.15, -0.1) is 0 Å². The van der Waals surface area contributed by atoms with Crippen LogP contribution in [0.4, 0.5) is 0 Å². The summed E-state index contributed by atoms with van der Waals surface area (Å²) in [7, 11) is 2.47. The van der Waals surface area contributed by atoms with Crippen molar-refractivity contribution in [2.45, 2.75) is 34.1 Å². The maximum Gasteiger partial charge on any atom is 0.325 e. The van der Waals surface area contributed by atoms with E-state index in [2.05, 4.69) is 9.47 Å². The SMILES string of the molecule is COC(=O)CN(CC(=O)OC)C(=O)CC(C)C(C)(C)C. The van der Waals surface area contributed by atoms with Crippen molar-refractivity contribution in [1.29, 1.82) is 0 Å². The van der Waals surface area contributed by atoms with E-state index in [1.54, 1.807) is 0 Å². The van der Waals surface area contributed by atoms with Crippen molar-refractivity contribution in [1.82, 2.24) is 4.90 Å². The number of carbonyl (C=O) groups is 3. The van der Waals surface area contributed by atoms with E-state index in [0.717, 1.165) is 0 Å². The van der Waals surface area contributed by atoms with Crippen LogP contribution in [0.15, 0.2) is 0 Å². The highest BCUT2D eigenvalue weighted by molar-refractivity contribution is 5.86. The van der Waals surface area contributed by atoms with E-state index in [9.17, 15) is 14.4 Å². The molecule has 0 fully saturated rings. The van der Waals surface area contributed by atoms with Crippen LogP contribution in [0, 0.1) is 11.3 Å². The molecule has 0 N–H and O–H groups in total. The molecule has 1 amide bonds. The van der Waals surface area contributed by atoms with Gasteiger partial charge in [-0.1, -0.05) is 27.7 Å². The standard InChI is InChI=1S/C14H25NO5/c1-10(14(2,3)4)7-11(16)15(8-12(17)19-5)9-13(18)20-6/h10H,7-9H2,1-6H3. The molecular formula is C14H25NO5. The van der Waals surface area contributed by atoms with Gasteiger partial charge in [-0.2, -0.15) is 0 Å². The molecule has 0 aliphatic carbocycles. The van der Waals surface area contributed by atoms with Crippen molar-refractivity contribution in [3.05, 3.63) is 0 Å². The Morgan fingerprint density at radius 1 is 1.00 bits per heavy atom. The molecule has 0 spiro atoms. The second kappa shape index (κ2) is 7.87. The van der Waals surface area contributed by atoms with E-state index in [1.165, 1.54) is 19.1 Å². The highest BCUT2D eigenvalue weighted by Crippen LogP contribution is 2.28. The fourth-order valence-electron chi connectivity index (χ4n) is 1.37. The Kier molecular flexibility index (Phi) is 7.24. The normalized spacial score (nSPS) is 12.5. The molecule has 0 aromatic carbocycles. The lowest BCUT2D eigenvalue weighted by atomic mass is 9.80. The van der Waals surface area contributed by atoms with Crippen LogP contribution in [0.1, 0.15) is 34.1 Å². The zero-order valence-electron chi connectivity index (χ0n) is 13.2. The Balaban J connectivity index is 4.79. The lowest BCUT2D eigenvalue weighted by Gasteiger charge is -2.29.